The van der Waals surface area contributed by atoms with Crippen molar-refractivity contribution in [1.82, 2.24) is 0 Å². The van der Waals surface area contributed by atoms with E-state index in [4.69, 9.17) is 37.9 Å². The van der Waals surface area contributed by atoms with Crippen LogP contribution in [-0.4, -0.2) is 137 Å². The molecule has 0 amide bonds. The van der Waals surface area contributed by atoms with Gasteiger partial charge in [-0.25, -0.2) is 4.79 Å². The van der Waals surface area contributed by atoms with Gasteiger partial charge in [0, 0.05) is 37.9 Å². The van der Waals surface area contributed by atoms with Crippen LogP contribution in [0, 0.1) is 34.5 Å². The van der Waals surface area contributed by atoms with Crippen LogP contribution in [-0.2, 0) is 42.7 Å². The summed E-state index contributed by atoms with van der Waals surface area (Å²) in [6, 6.07) is 0. The van der Waals surface area contributed by atoms with Crippen LogP contribution in [0.3, 0.4) is 0 Å². The molecule has 14 nitrogen and oxygen atoms in total. The molecule has 56 heavy (non-hydrogen) atoms. The number of hydrogen-bond donors (Lipinski definition) is 5. The minimum atomic E-state index is -1.01. The molecule has 0 unspecified atom stereocenters. The van der Waals surface area contributed by atoms with Gasteiger partial charge in [0.05, 0.1) is 54.4 Å². The summed E-state index contributed by atoms with van der Waals surface area (Å²) in [5, 5.41) is 57.2. The normalized spacial score (nSPS) is 54.8. The zero-order chi connectivity index (χ0) is 39.9. The molecule has 0 aromatic carbocycles. The first kappa shape index (κ1) is 41.5. The second-order valence-electron chi connectivity index (χ2n) is 19.0. The highest BCUT2D eigenvalue weighted by atomic mass is 16.7. The average Bonchev–Trinajstić information content (AvgIpc) is 3.70. The number of aliphatic hydroxyl groups is 5. The molecule has 4 heterocycles. The van der Waals surface area contributed by atoms with Crippen molar-refractivity contribution in [2.45, 2.75) is 197 Å². The minimum absolute atomic E-state index is 0.0377. The second kappa shape index (κ2) is 15.6. The quantitative estimate of drug-likeness (QED) is 0.178. The van der Waals surface area contributed by atoms with E-state index in [2.05, 4.69) is 6.92 Å². The number of cyclic esters (lactones) is 1. The number of carbonyl (C=O) groups is 1. The summed E-state index contributed by atoms with van der Waals surface area (Å²) in [6.45, 7) is 10.1. The van der Waals surface area contributed by atoms with Gasteiger partial charge in [-0.3, -0.25) is 0 Å². The van der Waals surface area contributed by atoms with E-state index in [9.17, 15) is 30.3 Å². The van der Waals surface area contributed by atoms with Gasteiger partial charge >= 0.3 is 5.97 Å². The first-order chi connectivity index (χ1) is 26.5. The Balaban J connectivity index is 0.834. The van der Waals surface area contributed by atoms with Crippen molar-refractivity contribution in [3.8, 4) is 0 Å². The lowest BCUT2D eigenvalue weighted by molar-refractivity contribution is -0.336. The molecule has 14 heteroatoms. The highest BCUT2D eigenvalue weighted by molar-refractivity contribution is 5.85. The zero-order valence-corrected chi connectivity index (χ0v) is 33.9. The van der Waals surface area contributed by atoms with Gasteiger partial charge in [0.2, 0.25) is 0 Å². The second-order valence-corrected chi connectivity index (χ2v) is 19.0. The predicted octanol–water partition coefficient (Wildman–Crippen LogP) is 2.87. The van der Waals surface area contributed by atoms with Crippen LogP contribution in [0.2, 0.25) is 0 Å². The molecular weight excluding hydrogens is 728 g/mol. The van der Waals surface area contributed by atoms with Crippen molar-refractivity contribution in [3.05, 3.63) is 11.6 Å². The summed E-state index contributed by atoms with van der Waals surface area (Å²) in [5.74, 6) is 0.225. The molecule has 8 aliphatic rings. The molecule has 0 radical (unpaired) electrons. The third kappa shape index (κ3) is 7.02. The van der Waals surface area contributed by atoms with Crippen LogP contribution in [0.4, 0.5) is 0 Å². The van der Waals surface area contributed by atoms with E-state index < -0.39 is 90.9 Å². The third-order valence-corrected chi connectivity index (χ3v) is 16.2. The third-order valence-electron chi connectivity index (χ3n) is 16.2. The molecule has 4 aliphatic heterocycles. The molecule has 318 valence electrons. The monoisotopic (exact) mass is 794 g/mol. The van der Waals surface area contributed by atoms with E-state index in [0.29, 0.717) is 25.2 Å². The largest absolute Gasteiger partial charge is 0.458 e. The Morgan fingerprint density at radius 3 is 1.96 bits per heavy atom. The number of aliphatic hydroxyl groups excluding tert-OH is 4. The summed E-state index contributed by atoms with van der Waals surface area (Å²) in [7, 11) is 1.54. The van der Waals surface area contributed by atoms with Gasteiger partial charge in [-0.05, 0) is 107 Å². The number of rotatable bonds is 8. The molecular formula is C42H66O14. The standard InChI is InChI=1S/C42H66O14/c1-20-37(47)31(49-6)18-36(51-20)56-39-22(3)53-35(17-30(39)44)55-38-21(2)52-34(16-29(38)43)54-25-9-11-40(4)24(14-25)7-8-27-28(40)15-32(45)41(5)26(10-12-42(27,41)48)23-13-33(46)50-19-23/h13,20-22,24-32,34-39,43-45,47-48H,7-12,14-19H2,1-6H3/t20-,21-,22-,24-,25+,26-,27-,28+,29+,30+,31+,32-,34+,35+,36+,37-,38-,39-,40+,41+,42+/m1/s1. The lowest BCUT2D eigenvalue weighted by Gasteiger charge is -2.65. The van der Waals surface area contributed by atoms with Gasteiger partial charge in [-0.15, -0.1) is 0 Å². The number of esters is 1. The van der Waals surface area contributed by atoms with Gasteiger partial charge in [0.1, 0.15) is 24.9 Å². The maximum absolute atomic E-state index is 12.6. The highest BCUT2D eigenvalue weighted by Gasteiger charge is 2.71. The topological polar surface area (TPSA) is 192 Å². The molecule has 0 aromatic heterocycles. The van der Waals surface area contributed by atoms with E-state index in [1.165, 1.54) is 7.11 Å². The van der Waals surface area contributed by atoms with E-state index in [1.54, 1.807) is 19.9 Å². The van der Waals surface area contributed by atoms with E-state index in [0.717, 1.165) is 44.1 Å². The van der Waals surface area contributed by atoms with Crippen LogP contribution < -0.4 is 0 Å². The Hall–Kier alpha value is -1.27. The van der Waals surface area contributed by atoms with E-state index >= 15 is 0 Å². The molecule has 0 bridgehead atoms. The Labute approximate surface area is 330 Å². The first-order valence-electron chi connectivity index (χ1n) is 21.3. The van der Waals surface area contributed by atoms with Gasteiger partial charge in [-0.1, -0.05) is 13.8 Å². The molecule has 21 atom stereocenters. The molecule has 0 aromatic rings. The summed E-state index contributed by atoms with van der Waals surface area (Å²) >= 11 is 0. The van der Waals surface area contributed by atoms with Gasteiger partial charge in [0.25, 0.3) is 0 Å². The summed E-state index contributed by atoms with van der Waals surface area (Å²) in [4.78, 5) is 12.0. The molecule has 3 saturated heterocycles. The fourth-order valence-corrected chi connectivity index (χ4v) is 13.0. The average molecular weight is 795 g/mol. The summed E-state index contributed by atoms with van der Waals surface area (Å²) in [6.07, 6.45) is 0.0983. The van der Waals surface area contributed by atoms with E-state index in [1.807, 2.05) is 13.8 Å². The van der Waals surface area contributed by atoms with Crippen molar-refractivity contribution in [2.24, 2.45) is 34.5 Å². The van der Waals surface area contributed by atoms with Crippen LogP contribution in [0.25, 0.3) is 0 Å². The highest BCUT2D eigenvalue weighted by Crippen LogP contribution is 2.70. The Bertz CT molecular complexity index is 1440. The van der Waals surface area contributed by atoms with Crippen LogP contribution in [0.15, 0.2) is 11.6 Å². The summed E-state index contributed by atoms with van der Waals surface area (Å²) in [5.41, 5.74) is -0.876. The number of carbonyl (C=O) groups excluding carboxylic acids is 1. The number of fused-ring (bicyclic) bond motifs is 5. The smallest absolute Gasteiger partial charge is 0.331 e. The van der Waals surface area contributed by atoms with Crippen LogP contribution >= 0.6 is 0 Å². The molecule has 8 rings (SSSR count). The fraction of sp³-hybridized carbons (Fsp3) is 0.929. The zero-order valence-electron chi connectivity index (χ0n) is 33.9. The first-order valence-corrected chi connectivity index (χ1v) is 21.3. The van der Waals surface area contributed by atoms with Crippen LogP contribution in [0.5, 0.6) is 0 Å². The minimum Gasteiger partial charge on any atom is -0.458 e. The van der Waals surface area contributed by atoms with Crippen molar-refractivity contribution in [1.29, 1.82) is 0 Å². The number of methoxy groups -OCH3 is 1. The SMILES string of the molecule is CO[C@H]1C[C@H](O[C@H]2[C@@H](O)C[C@H](O[C@H]3[C@@H](O)C[C@H](O[C@H]4CC[C@@]5(C)[C@H](CC[C@@H]6[C@@H]5C[C@@H](O)[C@]5(C)[C@@H](C7=CC(=O)OC7)CC[C@]65O)C4)O[C@@H]3C)O[C@@H]2C)O[C@H](C)[C@H]1O. The molecule has 7 fully saturated rings. The fourth-order valence-electron chi connectivity index (χ4n) is 13.0. The van der Waals surface area contributed by atoms with Crippen molar-refractivity contribution in [2.75, 3.05) is 13.7 Å². The number of hydrogen-bond acceptors (Lipinski definition) is 14. The maximum Gasteiger partial charge on any atom is 0.331 e. The lowest BCUT2D eigenvalue weighted by atomic mass is 9.42. The van der Waals surface area contributed by atoms with Crippen LogP contribution in [0.1, 0.15) is 105 Å². The van der Waals surface area contributed by atoms with E-state index in [-0.39, 0.29) is 54.7 Å². The molecule has 5 N–H and O–H groups in total. The Morgan fingerprint density at radius 1 is 0.732 bits per heavy atom. The number of ether oxygens (including phenoxy) is 8. The Kier molecular flexibility index (Phi) is 11.6. The molecule has 4 aliphatic carbocycles. The van der Waals surface area contributed by atoms with Gasteiger partial charge < -0.3 is 63.4 Å². The van der Waals surface area contributed by atoms with Crippen molar-refractivity contribution < 1.29 is 68.2 Å². The van der Waals surface area contributed by atoms with Crippen molar-refractivity contribution >= 4 is 5.97 Å². The molecule has 4 saturated carbocycles. The van der Waals surface area contributed by atoms with Gasteiger partial charge in [0.15, 0.2) is 18.9 Å². The van der Waals surface area contributed by atoms with Crippen molar-refractivity contribution in [3.63, 3.8) is 0 Å². The van der Waals surface area contributed by atoms with Gasteiger partial charge in [-0.2, -0.15) is 0 Å². The summed E-state index contributed by atoms with van der Waals surface area (Å²) < 4.78 is 47.9. The lowest BCUT2D eigenvalue weighted by Crippen LogP contribution is -2.67. The Morgan fingerprint density at radius 2 is 1.36 bits per heavy atom. The maximum atomic E-state index is 12.6. The predicted molar refractivity (Wildman–Crippen MR) is 197 cm³/mol. The molecule has 0 spiro atoms.